The van der Waals surface area contributed by atoms with Crippen molar-refractivity contribution in [3.63, 3.8) is 0 Å². The van der Waals surface area contributed by atoms with Crippen molar-refractivity contribution in [1.29, 1.82) is 0 Å². The molecule has 0 aromatic heterocycles. The second-order valence-electron chi connectivity index (χ2n) is 3.22. The second-order valence-corrected chi connectivity index (χ2v) is 3.66. The number of halogens is 1. The number of carboxylic acids is 1. The highest BCUT2D eigenvalue weighted by molar-refractivity contribution is 6.30. The molecule has 1 unspecified atom stereocenters. The average Bonchev–Trinajstić information content (AvgIpc) is 2.21. The summed E-state index contributed by atoms with van der Waals surface area (Å²) in [4.78, 5) is 11.0. The van der Waals surface area contributed by atoms with Crippen molar-refractivity contribution in [2.24, 2.45) is 0 Å². The summed E-state index contributed by atoms with van der Waals surface area (Å²) >= 11 is 5.73. The molecule has 0 spiro atoms. The van der Waals surface area contributed by atoms with Crippen molar-refractivity contribution >= 4 is 17.6 Å². The Labute approximate surface area is 93.6 Å². The summed E-state index contributed by atoms with van der Waals surface area (Å²) in [6.45, 7) is 0.430. The molecule has 0 aliphatic heterocycles. The van der Waals surface area contributed by atoms with E-state index in [-0.39, 0.29) is 0 Å². The SMILES string of the molecule is COCCC(C(=O)O)c1ccc(Cl)cc1. The number of ether oxygens (including phenoxy) is 1. The molecule has 0 saturated heterocycles. The molecule has 0 amide bonds. The summed E-state index contributed by atoms with van der Waals surface area (Å²) in [5, 5.41) is 9.64. The van der Waals surface area contributed by atoms with Crippen LogP contribution in [0.2, 0.25) is 5.02 Å². The van der Waals surface area contributed by atoms with Gasteiger partial charge in [0.15, 0.2) is 0 Å². The zero-order chi connectivity index (χ0) is 11.3. The maximum atomic E-state index is 11.0. The molecule has 3 nitrogen and oxygen atoms in total. The Balaban J connectivity index is 2.79. The van der Waals surface area contributed by atoms with Crippen LogP contribution in [-0.4, -0.2) is 24.8 Å². The van der Waals surface area contributed by atoms with E-state index >= 15 is 0 Å². The van der Waals surface area contributed by atoms with Gasteiger partial charge in [-0.05, 0) is 24.1 Å². The van der Waals surface area contributed by atoms with Crippen molar-refractivity contribution in [1.82, 2.24) is 0 Å². The van der Waals surface area contributed by atoms with Crippen LogP contribution in [0.3, 0.4) is 0 Å². The second kappa shape index (κ2) is 5.73. The molecule has 1 rings (SSSR count). The first-order valence-corrected chi connectivity index (χ1v) is 5.00. The van der Waals surface area contributed by atoms with Crippen LogP contribution in [0.15, 0.2) is 24.3 Å². The summed E-state index contributed by atoms with van der Waals surface area (Å²) in [6.07, 6.45) is 0.466. The fourth-order valence-corrected chi connectivity index (χ4v) is 1.49. The molecule has 15 heavy (non-hydrogen) atoms. The van der Waals surface area contributed by atoms with Crippen molar-refractivity contribution in [3.05, 3.63) is 34.9 Å². The van der Waals surface area contributed by atoms with Gasteiger partial charge in [-0.1, -0.05) is 23.7 Å². The number of rotatable bonds is 5. The molecule has 0 aliphatic carbocycles. The van der Waals surface area contributed by atoms with Gasteiger partial charge >= 0.3 is 5.97 Å². The van der Waals surface area contributed by atoms with E-state index in [1.807, 2.05) is 0 Å². The molecule has 0 aliphatic rings. The van der Waals surface area contributed by atoms with Gasteiger partial charge in [-0.3, -0.25) is 4.79 Å². The average molecular weight is 229 g/mol. The summed E-state index contributed by atoms with van der Waals surface area (Å²) in [7, 11) is 1.56. The largest absolute Gasteiger partial charge is 0.481 e. The standard InChI is InChI=1S/C11H13ClO3/c1-15-7-6-10(11(13)14)8-2-4-9(12)5-3-8/h2-5,10H,6-7H2,1H3,(H,13,14). The normalized spacial score (nSPS) is 12.4. The monoisotopic (exact) mass is 228 g/mol. The number of hydrogen-bond acceptors (Lipinski definition) is 2. The molecular weight excluding hydrogens is 216 g/mol. The van der Waals surface area contributed by atoms with Gasteiger partial charge in [0.25, 0.3) is 0 Å². The fraction of sp³-hybridized carbons (Fsp3) is 0.364. The summed E-state index contributed by atoms with van der Waals surface area (Å²) in [5.41, 5.74) is 0.754. The van der Waals surface area contributed by atoms with Crippen LogP contribution in [0.5, 0.6) is 0 Å². The zero-order valence-electron chi connectivity index (χ0n) is 8.44. The van der Waals surface area contributed by atoms with E-state index in [9.17, 15) is 4.79 Å². The zero-order valence-corrected chi connectivity index (χ0v) is 9.20. The third-order valence-corrected chi connectivity index (χ3v) is 2.43. The van der Waals surface area contributed by atoms with Crippen molar-refractivity contribution in [2.75, 3.05) is 13.7 Å². The van der Waals surface area contributed by atoms with Gasteiger partial charge in [-0.15, -0.1) is 0 Å². The van der Waals surface area contributed by atoms with Gasteiger partial charge in [0.1, 0.15) is 0 Å². The van der Waals surface area contributed by atoms with Crippen LogP contribution in [0.1, 0.15) is 17.9 Å². The van der Waals surface area contributed by atoms with Crippen LogP contribution in [0.25, 0.3) is 0 Å². The smallest absolute Gasteiger partial charge is 0.311 e. The van der Waals surface area contributed by atoms with Crippen LogP contribution in [-0.2, 0) is 9.53 Å². The Bertz CT molecular complexity index is 321. The number of methoxy groups -OCH3 is 1. The Kier molecular flexibility index (Phi) is 4.59. The molecule has 82 valence electrons. The number of aliphatic carboxylic acids is 1. The molecule has 1 aromatic carbocycles. The van der Waals surface area contributed by atoms with Crippen LogP contribution >= 0.6 is 11.6 Å². The number of benzene rings is 1. The lowest BCUT2D eigenvalue weighted by Gasteiger charge is -2.11. The summed E-state index contributed by atoms with van der Waals surface area (Å²) in [5.74, 6) is -1.36. The Morgan fingerprint density at radius 3 is 2.53 bits per heavy atom. The van der Waals surface area contributed by atoms with E-state index in [1.165, 1.54) is 0 Å². The van der Waals surface area contributed by atoms with E-state index in [0.717, 1.165) is 5.56 Å². The fourth-order valence-electron chi connectivity index (χ4n) is 1.36. The maximum absolute atomic E-state index is 11.0. The van der Waals surface area contributed by atoms with Crippen LogP contribution < -0.4 is 0 Å². The molecule has 0 fully saturated rings. The van der Waals surface area contributed by atoms with Crippen LogP contribution in [0, 0.1) is 0 Å². The van der Waals surface area contributed by atoms with Crippen LogP contribution in [0.4, 0.5) is 0 Å². The molecule has 0 bridgehead atoms. The number of carbonyl (C=O) groups is 1. The van der Waals surface area contributed by atoms with E-state index in [0.29, 0.717) is 18.1 Å². The molecule has 0 heterocycles. The molecule has 1 atom stereocenters. The third-order valence-electron chi connectivity index (χ3n) is 2.18. The van der Waals surface area contributed by atoms with E-state index in [4.69, 9.17) is 21.4 Å². The lowest BCUT2D eigenvalue weighted by molar-refractivity contribution is -0.139. The third kappa shape index (κ3) is 3.53. The quantitative estimate of drug-likeness (QED) is 0.843. The summed E-state index contributed by atoms with van der Waals surface area (Å²) < 4.78 is 4.88. The maximum Gasteiger partial charge on any atom is 0.311 e. The van der Waals surface area contributed by atoms with Gasteiger partial charge < -0.3 is 9.84 Å². The molecular formula is C11H13ClO3. The van der Waals surface area contributed by atoms with Gasteiger partial charge in [0.05, 0.1) is 5.92 Å². The van der Waals surface area contributed by atoms with E-state index < -0.39 is 11.9 Å². The van der Waals surface area contributed by atoms with Crippen molar-refractivity contribution in [3.8, 4) is 0 Å². The highest BCUT2D eigenvalue weighted by Crippen LogP contribution is 2.21. The lowest BCUT2D eigenvalue weighted by atomic mass is 9.96. The van der Waals surface area contributed by atoms with E-state index in [2.05, 4.69) is 0 Å². The first-order valence-electron chi connectivity index (χ1n) is 4.62. The van der Waals surface area contributed by atoms with Gasteiger partial charge in [-0.2, -0.15) is 0 Å². The Morgan fingerprint density at radius 2 is 2.07 bits per heavy atom. The first-order chi connectivity index (χ1) is 7.15. The minimum Gasteiger partial charge on any atom is -0.481 e. The molecule has 1 aromatic rings. The first kappa shape index (κ1) is 12.0. The Hall–Kier alpha value is -1.06. The predicted molar refractivity (Wildman–Crippen MR) is 58.3 cm³/mol. The molecule has 0 radical (unpaired) electrons. The van der Waals surface area contributed by atoms with Crippen molar-refractivity contribution in [2.45, 2.75) is 12.3 Å². The number of carboxylic acid groups (broad SMARTS) is 1. The van der Waals surface area contributed by atoms with Gasteiger partial charge in [0, 0.05) is 18.7 Å². The predicted octanol–water partition coefficient (Wildman–Crippen LogP) is 2.54. The van der Waals surface area contributed by atoms with E-state index in [1.54, 1.807) is 31.4 Å². The van der Waals surface area contributed by atoms with Crippen molar-refractivity contribution < 1.29 is 14.6 Å². The highest BCUT2D eigenvalue weighted by Gasteiger charge is 2.18. The molecule has 1 N–H and O–H groups in total. The topological polar surface area (TPSA) is 46.5 Å². The number of hydrogen-bond donors (Lipinski definition) is 1. The van der Waals surface area contributed by atoms with Gasteiger partial charge in [0.2, 0.25) is 0 Å². The highest BCUT2D eigenvalue weighted by atomic mass is 35.5. The summed E-state index contributed by atoms with van der Waals surface area (Å²) in [6, 6.07) is 6.85. The Morgan fingerprint density at radius 1 is 1.47 bits per heavy atom. The molecule has 0 saturated carbocycles. The van der Waals surface area contributed by atoms with Gasteiger partial charge in [-0.25, -0.2) is 0 Å². The minimum absolute atomic E-state index is 0.430. The lowest BCUT2D eigenvalue weighted by Crippen LogP contribution is -2.13. The minimum atomic E-state index is -0.839. The molecule has 4 heteroatoms.